The molecule has 0 aliphatic carbocycles. The monoisotopic (exact) mass is 289 g/mol. The number of hydrogen-bond donors (Lipinski definition) is 0. The summed E-state index contributed by atoms with van der Waals surface area (Å²) in [6.07, 6.45) is 1.80. The molecule has 1 aromatic heterocycles. The van der Waals surface area contributed by atoms with Gasteiger partial charge < -0.3 is 9.30 Å². The van der Waals surface area contributed by atoms with Crippen LogP contribution in [0.2, 0.25) is 0 Å². The lowest BCUT2D eigenvalue weighted by molar-refractivity contribution is -0.0328. The van der Waals surface area contributed by atoms with Gasteiger partial charge in [-0.15, -0.1) is 0 Å². The van der Waals surface area contributed by atoms with Crippen LogP contribution in [0.15, 0.2) is 30.5 Å². The number of rotatable bonds is 5. The predicted octanol–water partition coefficient (Wildman–Crippen LogP) is 4.29. The second kappa shape index (κ2) is 5.77. The maximum atomic E-state index is 12.1. The minimum absolute atomic E-state index is 0.00612. The molecule has 1 aromatic carbocycles. The fourth-order valence-electron chi connectivity index (χ4n) is 1.89. The van der Waals surface area contributed by atoms with Crippen LogP contribution in [0.4, 0.5) is 13.2 Å². The lowest BCUT2D eigenvalue weighted by Gasteiger charge is -2.08. The van der Waals surface area contributed by atoms with E-state index in [2.05, 4.69) is 0 Å². The van der Waals surface area contributed by atoms with Crippen molar-refractivity contribution in [3.05, 3.63) is 30.5 Å². The van der Waals surface area contributed by atoms with Crippen molar-refractivity contribution < 1.29 is 17.9 Å². The second-order valence-corrected chi connectivity index (χ2v) is 5.12. The first-order valence-electron chi connectivity index (χ1n) is 5.92. The number of benzene rings is 1. The van der Waals surface area contributed by atoms with Crippen molar-refractivity contribution in [1.82, 2.24) is 4.57 Å². The maximum Gasteiger partial charge on any atom is 0.441 e. The Balaban J connectivity index is 2.08. The highest BCUT2D eigenvalue weighted by molar-refractivity contribution is 8.00. The SMILES string of the molecule is CCOc1ccc2c(ccn2CCSC(F)(F)F)c1. The third kappa shape index (κ3) is 3.83. The van der Waals surface area contributed by atoms with E-state index in [1.807, 2.05) is 35.8 Å². The molecule has 6 heteroatoms. The van der Waals surface area contributed by atoms with E-state index in [1.165, 1.54) is 0 Å². The van der Waals surface area contributed by atoms with Crippen LogP contribution in [0, 0.1) is 0 Å². The van der Waals surface area contributed by atoms with Gasteiger partial charge in [0.1, 0.15) is 5.75 Å². The minimum atomic E-state index is -4.16. The van der Waals surface area contributed by atoms with E-state index >= 15 is 0 Å². The molecule has 2 aromatic rings. The Kier molecular flexibility index (Phi) is 4.29. The summed E-state index contributed by atoms with van der Waals surface area (Å²) in [4.78, 5) is 0. The second-order valence-electron chi connectivity index (χ2n) is 3.96. The molecular formula is C13H14F3NOS. The van der Waals surface area contributed by atoms with Crippen LogP contribution in [-0.4, -0.2) is 22.4 Å². The summed E-state index contributed by atoms with van der Waals surface area (Å²) >= 11 is 0.00612. The zero-order chi connectivity index (χ0) is 13.9. The van der Waals surface area contributed by atoms with Gasteiger partial charge in [-0.25, -0.2) is 0 Å². The van der Waals surface area contributed by atoms with E-state index in [9.17, 15) is 13.2 Å². The highest BCUT2D eigenvalue weighted by Crippen LogP contribution is 2.30. The highest BCUT2D eigenvalue weighted by Gasteiger charge is 2.27. The zero-order valence-electron chi connectivity index (χ0n) is 10.4. The normalized spacial score (nSPS) is 12.0. The Labute approximate surface area is 113 Å². The van der Waals surface area contributed by atoms with Gasteiger partial charge in [-0.1, -0.05) is 0 Å². The van der Waals surface area contributed by atoms with E-state index < -0.39 is 5.51 Å². The van der Waals surface area contributed by atoms with Crippen molar-refractivity contribution in [1.29, 1.82) is 0 Å². The average Bonchev–Trinajstić information content (AvgIpc) is 2.71. The molecule has 0 saturated heterocycles. The lowest BCUT2D eigenvalue weighted by Crippen LogP contribution is -2.06. The van der Waals surface area contributed by atoms with Crippen molar-refractivity contribution in [2.24, 2.45) is 0 Å². The summed E-state index contributed by atoms with van der Waals surface area (Å²) in [6.45, 7) is 2.83. The highest BCUT2D eigenvalue weighted by atomic mass is 32.2. The standard InChI is InChI=1S/C13H14F3NOS/c1-2-18-11-3-4-12-10(9-11)5-6-17(12)7-8-19-13(14,15)16/h3-6,9H,2,7-8H2,1H3. The molecule has 19 heavy (non-hydrogen) atoms. The number of alkyl halides is 3. The molecule has 104 valence electrons. The van der Waals surface area contributed by atoms with Crippen LogP contribution < -0.4 is 4.74 Å². The summed E-state index contributed by atoms with van der Waals surface area (Å²) in [5.74, 6) is 0.790. The molecule has 2 rings (SSSR count). The maximum absolute atomic E-state index is 12.1. The van der Waals surface area contributed by atoms with E-state index in [0.717, 1.165) is 16.7 Å². The fourth-order valence-corrected chi connectivity index (χ4v) is 2.41. The van der Waals surface area contributed by atoms with Gasteiger partial charge in [-0.05, 0) is 43.0 Å². The van der Waals surface area contributed by atoms with Crippen molar-refractivity contribution in [2.75, 3.05) is 12.4 Å². The van der Waals surface area contributed by atoms with Gasteiger partial charge in [0.25, 0.3) is 0 Å². The average molecular weight is 289 g/mol. The van der Waals surface area contributed by atoms with Crippen molar-refractivity contribution in [2.45, 2.75) is 19.0 Å². The number of hydrogen-bond acceptors (Lipinski definition) is 2. The Bertz CT molecular complexity index is 550. The molecule has 0 aliphatic rings. The summed E-state index contributed by atoms with van der Waals surface area (Å²) < 4.78 is 43.4. The molecule has 0 bridgehead atoms. The smallest absolute Gasteiger partial charge is 0.441 e. The Morgan fingerprint density at radius 3 is 2.74 bits per heavy atom. The number of aromatic nitrogens is 1. The Morgan fingerprint density at radius 1 is 1.26 bits per heavy atom. The van der Waals surface area contributed by atoms with E-state index in [0.29, 0.717) is 13.2 Å². The molecule has 0 N–H and O–H groups in total. The fraction of sp³-hybridized carbons (Fsp3) is 0.385. The first kappa shape index (κ1) is 14.1. The molecule has 0 amide bonds. The Hall–Kier alpha value is -1.30. The van der Waals surface area contributed by atoms with Crippen molar-refractivity contribution in [3.63, 3.8) is 0 Å². The lowest BCUT2D eigenvalue weighted by atomic mass is 10.2. The summed E-state index contributed by atoms with van der Waals surface area (Å²) in [7, 11) is 0. The number of halogens is 3. The van der Waals surface area contributed by atoms with Crippen LogP contribution in [-0.2, 0) is 6.54 Å². The van der Waals surface area contributed by atoms with Crippen molar-refractivity contribution in [3.8, 4) is 5.75 Å². The van der Waals surface area contributed by atoms with Gasteiger partial charge in [0.15, 0.2) is 0 Å². The predicted molar refractivity (Wildman–Crippen MR) is 71.6 cm³/mol. The number of thioether (sulfide) groups is 1. The molecule has 1 heterocycles. The quantitative estimate of drug-likeness (QED) is 0.815. The third-order valence-corrected chi connectivity index (χ3v) is 3.37. The van der Waals surface area contributed by atoms with Crippen LogP contribution in [0.5, 0.6) is 5.75 Å². The summed E-state index contributed by atoms with van der Waals surface area (Å²) in [5.41, 5.74) is -3.24. The van der Waals surface area contributed by atoms with Crippen molar-refractivity contribution >= 4 is 22.7 Å². The Morgan fingerprint density at radius 2 is 2.05 bits per heavy atom. The van der Waals surface area contributed by atoms with Crippen LogP contribution in [0.25, 0.3) is 10.9 Å². The molecule has 0 atom stereocenters. The number of fused-ring (bicyclic) bond motifs is 1. The van der Waals surface area contributed by atoms with Gasteiger partial charge >= 0.3 is 5.51 Å². The van der Waals surface area contributed by atoms with Gasteiger partial charge in [0.2, 0.25) is 0 Å². The summed E-state index contributed by atoms with van der Waals surface area (Å²) in [6, 6.07) is 7.49. The number of nitrogens with zero attached hydrogens (tertiary/aromatic N) is 1. The summed E-state index contributed by atoms with van der Waals surface area (Å²) in [5, 5.41) is 0.975. The molecule has 0 spiro atoms. The van der Waals surface area contributed by atoms with Crippen LogP contribution >= 0.6 is 11.8 Å². The van der Waals surface area contributed by atoms with Crippen LogP contribution in [0.3, 0.4) is 0 Å². The molecule has 0 radical (unpaired) electrons. The third-order valence-electron chi connectivity index (χ3n) is 2.65. The molecule has 0 unspecified atom stereocenters. The van der Waals surface area contributed by atoms with E-state index in [1.54, 1.807) is 6.20 Å². The molecule has 0 aliphatic heterocycles. The van der Waals surface area contributed by atoms with Gasteiger partial charge in [0, 0.05) is 29.4 Å². The molecule has 0 saturated carbocycles. The molecule has 2 nitrogen and oxygen atoms in total. The number of ether oxygens (including phenoxy) is 1. The van der Waals surface area contributed by atoms with Crippen LogP contribution in [0.1, 0.15) is 6.92 Å². The largest absolute Gasteiger partial charge is 0.494 e. The van der Waals surface area contributed by atoms with E-state index in [-0.39, 0.29) is 17.5 Å². The minimum Gasteiger partial charge on any atom is -0.494 e. The van der Waals surface area contributed by atoms with E-state index in [4.69, 9.17) is 4.74 Å². The zero-order valence-corrected chi connectivity index (χ0v) is 11.2. The first-order valence-corrected chi connectivity index (χ1v) is 6.90. The topological polar surface area (TPSA) is 14.2 Å². The number of aryl methyl sites for hydroxylation is 1. The van der Waals surface area contributed by atoms with Gasteiger partial charge in [0.05, 0.1) is 6.61 Å². The first-order chi connectivity index (χ1) is 8.99. The van der Waals surface area contributed by atoms with Gasteiger partial charge in [-0.3, -0.25) is 0 Å². The molecular weight excluding hydrogens is 275 g/mol. The van der Waals surface area contributed by atoms with Gasteiger partial charge in [-0.2, -0.15) is 13.2 Å². The molecule has 0 fully saturated rings.